The van der Waals surface area contributed by atoms with E-state index in [1.165, 1.54) is 108 Å². The van der Waals surface area contributed by atoms with E-state index in [4.69, 9.17) is 66.6 Å². The Morgan fingerprint density at radius 1 is 0.485 bits per heavy atom. The molecule has 1 amide bonds. The molecule has 2 saturated heterocycles. The lowest BCUT2D eigenvalue weighted by Gasteiger charge is -2.47. The molecule has 0 aromatic heterocycles. The highest BCUT2D eigenvalue weighted by Gasteiger charge is 2.53. The van der Waals surface area contributed by atoms with Crippen molar-refractivity contribution in [1.29, 1.82) is 0 Å². The normalized spacial score (nSPS) is 22.4. The monoisotopic (exact) mass is 1480 g/mol. The van der Waals surface area contributed by atoms with Crippen molar-refractivity contribution in [3.05, 3.63) is 62.8 Å². The van der Waals surface area contributed by atoms with E-state index < -0.39 is 96.2 Å². The molecule has 2 rings (SSSR count). The molecule has 2 heterocycles. The SMILES string of the molecule is [2H]C(CCCCCCCCCC)CO[C@H]1[C@H](O)[C@@H](CO[C@@H]2O[C@H](COC)[C@@H](OP(=O)(OCC=C)OCC=C)[C@H](OCC[C@@H](CCCCCCC)OC)[C@H]2NC(=O)CCCCCCCCC/C=C\CCCCCC)OC(OCCP(=O)(OCC=C)OCC=C)[C@@H]1OCC([2H])CCCCCCCCCC. The molecule has 0 aromatic carbocycles. The number of amides is 1. The van der Waals surface area contributed by atoms with Crippen LogP contribution in [0.5, 0.6) is 0 Å². The predicted octanol–water partition coefficient (Wildman–Crippen LogP) is 20.3. The van der Waals surface area contributed by atoms with Crippen molar-refractivity contribution in [2.24, 2.45) is 0 Å². The molecular weight excluding hydrogens is 1320 g/mol. The molecule has 0 aromatic rings. The zero-order valence-corrected chi connectivity index (χ0v) is 66.2. The van der Waals surface area contributed by atoms with Crippen LogP contribution in [0.4, 0.5) is 0 Å². The van der Waals surface area contributed by atoms with Crippen LogP contribution in [0.15, 0.2) is 62.8 Å². The second kappa shape index (κ2) is 65.1. The quantitative estimate of drug-likeness (QED) is 0.0329. The van der Waals surface area contributed by atoms with Gasteiger partial charge < -0.3 is 62.1 Å². The minimum Gasteiger partial charge on any atom is -0.387 e. The molecule has 3 unspecified atom stereocenters. The summed E-state index contributed by atoms with van der Waals surface area (Å²) in [6, 6.07) is -1.18. The zero-order valence-electron chi connectivity index (χ0n) is 66.4. The summed E-state index contributed by atoms with van der Waals surface area (Å²) in [7, 11) is -5.10. The first-order valence-corrected chi connectivity index (χ1v) is 43.1. The molecule has 2 aliphatic rings. The number of rotatable bonds is 74. The smallest absolute Gasteiger partial charge is 0.387 e. The summed E-state index contributed by atoms with van der Waals surface area (Å²) in [6.07, 6.45) is 37.6. The van der Waals surface area contributed by atoms with Crippen LogP contribution in [0.3, 0.4) is 0 Å². The maximum atomic E-state index is 14.8. The molecule has 0 spiro atoms. The van der Waals surface area contributed by atoms with Crippen molar-refractivity contribution < 1.29 is 87.0 Å². The van der Waals surface area contributed by atoms with Gasteiger partial charge in [0.1, 0.15) is 48.8 Å². The number of ether oxygens (including phenoxy) is 9. The fourth-order valence-electron chi connectivity index (χ4n) is 12.5. The van der Waals surface area contributed by atoms with Gasteiger partial charge in [0.2, 0.25) is 5.91 Å². The van der Waals surface area contributed by atoms with Crippen LogP contribution < -0.4 is 5.32 Å². The van der Waals surface area contributed by atoms with E-state index in [-0.39, 0.29) is 84.1 Å². The van der Waals surface area contributed by atoms with Gasteiger partial charge in [0.05, 0.1) is 58.5 Å². The van der Waals surface area contributed by atoms with Crippen molar-refractivity contribution in [1.82, 2.24) is 5.32 Å². The predicted molar refractivity (Wildman–Crippen MR) is 410 cm³/mol. The number of phosphoric acid groups is 1. The molecule has 2 N–H and O–H groups in total. The van der Waals surface area contributed by atoms with Crippen molar-refractivity contribution in [3.8, 4) is 0 Å². The summed E-state index contributed by atoms with van der Waals surface area (Å²) >= 11 is 0. The summed E-state index contributed by atoms with van der Waals surface area (Å²) < 4.78 is 136. The number of hydrogen-bond donors (Lipinski definition) is 2. The van der Waals surface area contributed by atoms with Gasteiger partial charge in [-0.15, -0.1) is 26.3 Å². The molecule has 0 saturated carbocycles. The molecule has 592 valence electrons. The number of nitrogens with one attached hydrogen (secondary N) is 1. The zero-order chi connectivity index (χ0) is 75.3. The van der Waals surface area contributed by atoms with Gasteiger partial charge in [-0.3, -0.25) is 22.9 Å². The Kier molecular flexibility index (Phi) is 59.0. The molecule has 2 fully saturated rings. The van der Waals surface area contributed by atoms with E-state index in [9.17, 15) is 20.4 Å². The molecular formula is C80H149NO18P2. The average Bonchev–Trinajstić information content (AvgIpc) is 0.780. The van der Waals surface area contributed by atoms with E-state index in [1.807, 2.05) is 0 Å². The van der Waals surface area contributed by atoms with Gasteiger partial charge in [0.15, 0.2) is 12.6 Å². The number of unbranched alkanes of at least 4 members (excludes halogenated alkanes) is 29. The van der Waals surface area contributed by atoms with Crippen LogP contribution in [-0.2, 0) is 79.2 Å². The second-order valence-corrected chi connectivity index (χ2v) is 31.0. The van der Waals surface area contributed by atoms with Gasteiger partial charge in [-0.05, 0) is 57.7 Å². The number of aliphatic hydroxyl groups is 1. The first-order chi connectivity index (χ1) is 50.1. The summed E-state index contributed by atoms with van der Waals surface area (Å²) in [4.78, 5) is 14.6. The highest BCUT2D eigenvalue weighted by Crippen LogP contribution is 2.53. The minimum atomic E-state index is -4.48. The number of carbonyl (C=O) groups excluding carboxylic acids is 1. The Labute approximate surface area is 618 Å². The molecule has 0 radical (unpaired) electrons. The Morgan fingerprint density at radius 2 is 0.931 bits per heavy atom. The van der Waals surface area contributed by atoms with E-state index in [0.29, 0.717) is 25.7 Å². The number of allylic oxidation sites excluding steroid dienone is 2. The number of hydrogen-bond acceptors (Lipinski definition) is 18. The molecule has 2 aliphatic heterocycles. The third kappa shape index (κ3) is 46.1. The molecule has 21 heteroatoms. The van der Waals surface area contributed by atoms with Crippen LogP contribution in [0.2, 0.25) is 0 Å². The van der Waals surface area contributed by atoms with Crippen LogP contribution in [0, 0.1) is 0 Å². The third-order valence-corrected chi connectivity index (χ3v) is 21.7. The van der Waals surface area contributed by atoms with Crippen LogP contribution in [0.1, 0.15) is 294 Å². The molecule has 0 aliphatic carbocycles. The van der Waals surface area contributed by atoms with E-state index in [2.05, 4.69) is 71.5 Å². The van der Waals surface area contributed by atoms with Crippen molar-refractivity contribution >= 4 is 21.3 Å². The van der Waals surface area contributed by atoms with Gasteiger partial charge in [0, 0.05) is 43.2 Å². The molecule has 0 bridgehead atoms. The maximum Gasteiger partial charge on any atom is 0.475 e. The topological polar surface area (TPSA) is 213 Å². The number of aliphatic hydroxyl groups excluding tert-OH is 1. The first kappa shape index (κ1) is 91.4. The lowest BCUT2D eigenvalue weighted by Crippen LogP contribution is -2.67. The molecule has 13 atom stereocenters. The van der Waals surface area contributed by atoms with Gasteiger partial charge in [-0.2, -0.15) is 0 Å². The summed E-state index contributed by atoms with van der Waals surface area (Å²) in [5.41, 5.74) is 0. The minimum absolute atomic E-state index is 0.0431. The fraction of sp³-hybridized carbons (Fsp3) is 0.863. The maximum absolute atomic E-state index is 14.8. The average molecular weight is 1480 g/mol. The van der Waals surface area contributed by atoms with Gasteiger partial charge in [0.25, 0.3) is 0 Å². The van der Waals surface area contributed by atoms with Crippen LogP contribution in [0.25, 0.3) is 0 Å². The van der Waals surface area contributed by atoms with Crippen molar-refractivity contribution in [3.63, 3.8) is 0 Å². The number of carbonyl (C=O) groups is 1. The van der Waals surface area contributed by atoms with Crippen LogP contribution >= 0.6 is 15.4 Å². The number of phosphoric ester groups is 1. The molecule has 101 heavy (non-hydrogen) atoms. The van der Waals surface area contributed by atoms with E-state index in [0.717, 1.165) is 141 Å². The van der Waals surface area contributed by atoms with Gasteiger partial charge in [-0.1, -0.05) is 263 Å². The highest BCUT2D eigenvalue weighted by atomic mass is 31.2. The van der Waals surface area contributed by atoms with Crippen molar-refractivity contribution in [2.45, 2.75) is 358 Å². The lowest BCUT2D eigenvalue weighted by atomic mass is 9.95. The Hall–Kier alpha value is -1.97. The summed E-state index contributed by atoms with van der Waals surface area (Å²) in [5.74, 6) is -0.314. The number of methoxy groups -OCH3 is 2. The fourth-order valence-corrected chi connectivity index (χ4v) is 15.2. The Morgan fingerprint density at radius 3 is 1.44 bits per heavy atom. The van der Waals surface area contributed by atoms with Crippen molar-refractivity contribution in [2.75, 3.05) is 86.5 Å². The van der Waals surface area contributed by atoms with Gasteiger partial charge >= 0.3 is 15.4 Å². The molecule has 19 nitrogen and oxygen atoms in total. The summed E-state index contributed by atoms with van der Waals surface area (Å²) in [5, 5.41) is 16.0. The van der Waals surface area contributed by atoms with E-state index in [1.54, 1.807) is 7.11 Å². The van der Waals surface area contributed by atoms with Gasteiger partial charge in [-0.25, -0.2) is 4.57 Å². The largest absolute Gasteiger partial charge is 0.475 e. The second-order valence-electron chi connectivity index (χ2n) is 27.2. The Bertz CT molecular complexity index is 2160. The Balaban J connectivity index is 2.74. The van der Waals surface area contributed by atoms with E-state index >= 15 is 0 Å². The third-order valence-electron chi connectivity index (χ3n) is 18.4. The first-order valence-electron chi connectivity index (χ1n) is 41.1. The van der Waals surface area contributed by atoms with Crippen LogP contribution in [-0.4, -0.2) is 165 Å². The standard InChI is InChI=1S/C80H149NO18P2/c1-11-19-23-27-30-33-36-37-38-39-40-41-44-48-52-56-72(82)81-73-76(90-64-57-69(87-10)55-51-47-26-22-14-4)75(99-101(85,95-60-17-7)96-61-18-8)71(67-86-9)98-79(73)92-68-70-74(83)77(88-62-53-49-45-42-34-31-28-24-20-12-2)78(89-63-54-50-46-43-35-32-29-25-21-13-3)80(97-70)91-65-66-100(84,93-58-15-5)94-59-16-6/h15-18,33,36,69-71,73-80,83H,5-8,11-14,19-32,34-35,37-68H2,1-4,9-10H3,(H,81,82)/b36-33-/t69-,70-,71-,73-,74-,75-,76-,77+,78-,79-,80?/m1/s1/i53D,54D/t53?,54?,69-,70-,71-,73-,74-,75-,76-,77+,78-,79-,80?. The highest BCUT2D eigenvalue weighted by molar-refractivity contribution is 7.53. The summed E-state index contributed by atoms with van der Waals surface area (Å²) in [6.45, 7) is 22.6. The lowest BCUT2D eigenvalue weighted by molar-refractivity contribution is -0.330.